The predicted molar refractivity (Wildman–Crippen MR) is 138 cm³/mol. The van der Waals surface area contributed by atoms with E-state index in [1.165, 1.54) is 81.8 Å². The van der Waals surface area contributed by atoms with Gasteiger partial charge in [-0.25, -0.2) is 0 Å². The molecule has 0 aliphatic heterocycles. The van der Waals surface area contributed by atoms with Crippen LogP contribution in [0.4, 0.5) is 0 Å². The highest BCUT2D eigenvalue weighted by molar-refractivity contribution is 5.65. The highest BCUT2D eigenvalue weighted by Crippen LogP contribution is 2.31. The highest BCUT2D eigenvalue weighted by atomic mass is 16.5. The summed E-state index contributed by atoms with van der Waals surface area (Å²) in [7, 11) is 0. The zero-order chi connectivity index (χ0) is 22.4. The fourth-order valence-corrected chi connectivity index (χ4v) is 4.66. The molecular weight excluding hydrogens is 388 g/mol. The van der Waals surface area contributed by atoms with Crippen molar-refractivity contribution < 1.29 is 4.74 Å². The van der Waals surface area contributed by atoms with Crippen LogP contribution in [0.25, 0.3) is 11.1 Å². The Morgan fingerprint density at radius 1 is 0.719 bits per heavy atom. The van der Waals surface area contributed by atoms with E-state index in [1.807, 2.05) is 0 Å². The van der Waals surface area contributed by atoms with Crippen molar-refractivity contribution in [3.63, 3.8) is 0 Å². The first-order chi connectivity index (χ1) is 15.8. The van der Waals surface area contributed by atoms with E-state index in [4.69, 9.17) is 4.74 Å². The van der Waals surface area contributed by atoms with E-state index in [-0.39, 0.29) is 0 Å². The van der Waals surface area contributed by atoms with Crippen molar-refractivity contribution in [3.8, 4) is 28.7 Å². The van der Waals surface area contributed by atoms with Crippen molar-refractivity contribution in [2.45, 2.75) is 90.9 Å². The maximum absolute atomic E-state index is 5.89. The lowest BCUT2D eigenvalue weighted by Crippen LogP contribution is -2.13. The van der Waals surface area contributed by atoms with Crippen molar-refractivity contribution in [1.29, 1.82) is 0 Å². The molecule has 1 heteroatoms. The van der Waals surface area contributed by atoms with Gasteiger partial charge in [0.15, 0.2) is 0 Å². The average molecular weight is 431 g/mol. The van der Waals surface area contributed by atoms with Crippen molar-refractivity contribution in [2.24, 2.45) is 11.8 Å². The van der Waals surface area contributed by atoms with Crippen molar-refractivity contribution in [1.82, 2.24) is 0 Å². The summed E-state index contributed by atoms with van der Waals surface area (Å²) in [5.41, 5.74) is 3.59. The zero-order valence-corrected chi connectivity index (χ0v) is 20.4. The quantitative estimate of drug-likeness (QED) is 0.255. The largest absolute Gasteiger partial charge is 0.494 e. The molecule has 172 valence electrons. The van der Waals surface area contributed by atoms with Gasteiger partial charge < -0.3 is 4.74 Å². The van der Waals surface area contributed by atoms with E-state index >= 15 is 0 Å². The fraction of sp³-hybridized carbons (Fsp3) is 0.548. The highest BCUT2D eigenvalue weighted by Gasteiger charge is 2.19. The van der Waals surface area contributed by atoms with Crippen LogP contribution in [-0.4, -0.2) is 6.61 Å². The fourth-order valence-electron chi connectivity index (χ4n) is 4.66. The molecule has 32 heavy (non-hydrogen) atoms. The summed E-state index contributed by atoms with van der Waals surface area (Å²) in [6.45, 7) is 5.36. The molecule has 0 radical (unpaired) electrons. The Bertz CT molecular complexity index is 814. The Morgan fingerprint density at radius 3 is 2.00 bits per heavy atom. The normalized spacial score (nSPS) is 18.1. The van der Waals surface area contributed by atoms with Gasteiger partial charge >= 0.3 is 0 Å². The van der Waals surface area contributed by atoms with E-state index in [0.29, 0.717) is 5.92 Å². The van der Waals surface area contributed by atoms with E-state index in [0.717, 1.165) is 30.3 Å². The predicted octanol–water partition coefficient (Wildman–Crippen LogP) is 9.05. The SMILES string of the molecule is CCCCCCCOc1ccc(-c2ccc(C#C[C@H]3CC[C@H](CCCC)CC3)cc2)cc1. The number of unbranched alkanes of at least 4 members (excludes halogenated alkanes) is 5. The number of ether oxygens (including phenoxy) is 1. The van der Waals surface area contributed by atoms with Crippen LogP contribution in [0.1, 0.15) is 96.5 Å². The first kappa shape index (κ1) is 24.4. The third kappa shape index (κ3) is 8.38. The summed E-state index contributed by atoms with van der Waals surface area (Å²) in [6, 6.07) is 17.2. The van der Waals surface area contributed by atoms with Gasteiger partial charge in [0, 0.05) is 11.5 Å². The van der Waals surface area contributed by atoms with Gasteiger partial charge in [-0.1, -0.05) is 94.9 Å². The minimum absolute atomic E-state index is 0.590. The van der Waals surface area contributed by atoms with Crippen LogP contribution >= 0.6 is 0 Å². The molecule has 0 aromatic heterocycles. The average Bonchev–Trinajstić information content (AvgIpc) is 2.85. The number of hydrogen-bond acceptors (Lipinski definition) is 1. The lowest BCUT2D eigenvalue weighted by molar-refractivity contribution is 0.296. The second-order valence-corrected chi connectivity index (χ2v) is 9.49. The summed E-state index contributed by atoms with van der Waals surface area (Å²) < 4.78 is 5.89. The number of hydrogen-bond donors (Lipinski definition) is 0. The Morgan fingerprint density at radius 2 is 1.34 bits per heavy atom. The minimum atomic E-state index is 0.590. The van der Waals surface area contributed by atoms with Gasteiger partial charge in [0.2, 0.25) is 0 Å². The minimum Gasteiger partial charge on any atom is -0.494 e. The molecule has 0 atom stereocenters. The van der Waals surface area contributed by atoms with Crippen LogP contribution in [0, 0.1) is 23.7 Å². The lowest BCUT2D eigenvalue weighted by atomic mass is 9.80. The van der Waals surface area contributed by atoms with Crippen LogP contribution in [-0.2, 0) is 0 Å². The molecule has 1 nitrogen and oxygen atoms in total. The molecule has 2 aromatic carbocycles. The van der Waals surface area contributed by atoms with Crippen LogP contribution in [0.2, 0.25) is 0 Å². The molecule has 2 aromatic rings. The smallest absolute Gasteiger partial charge is 0.119 e. The standard InChI is InChI=1S/C31H42O/c1-3-5-7-8-9-25-32-31-23-21-30(22-24-31)29-19-17-28(18-20-29)16-15-27-13-11-26(12-14-27)10-6-4-2/h17-24,26-27H,3-14,25H2,1-2H3/t26-,27-. The molecule has 1 aliphatic rings. The monoisotopic (exact) mass is 430 g/mol. The van der Waals surface area contributed by atoms with E-state index in [2.05, 4.69) is 74.2 Å². The Balaban J connectivity index is 1.44. The molecule has 3 rings (SSSR count). The molecule has 0 amide bonds. The van der Waals surface area contributed by atoms with E-state index in [1.54, 1.807) is 0 Å². The van der Waals surface area contributed by atoms with Crippen molar-refractivity contribution in [3.05, 3.63) is 54.1 Å². The molecule has 1 fully saturated rings. The maximum atomic E-state index is 5.89. The number of rotatable bonds is 11. The molecule has 1 aliphatic carbocycles. The Kier molecular flexibility index (Phi) is 10.7. The molecule has 0 heterocycles. The Labute approximate surface area is 197 Å². The van der Waals surface area contributed by atoms with Crippen LogP contribution in [0.15, 0.2) is 48.5 Å². The van der Waals surface area contributed by atoms with Crippen LogP contribution in [0.3, 0.4) is 0 Å². The zero-order valence-electron chi connectivity index (χ0n) is 20.4. The topological polar surface area (TPSA) is 9.23 Å². The molecule has 0 bridgehead atoms. The van der Waals surface area contributed by atoms with Crippen LogP contribution in [0.5, 0.6) is 5.75 Å². The Hall–Kier alpha value is -2.20. The molecule has 0 N–H and O–H groups in total. The van der Waals surface area contributed by atoms with Crippen LogP contribution < -0.4 is 4.74 Å². The summed E-state index contributed by atoms with van der Waals surface area (Å²) in [6.07, 6.45) is 15.8. The summed E-state index contributed by atoms with van der Waals surface area (Å²) in [5, 5.41) is 0. The van der Waals surface area contributed by atoms with Gasteiger partial charge in [0.1, 0.15) is 5.75 Å². The molecule has 0 unspecified atom stereocenters. The van der Waals surface area contributed by atoms with Gasteiger partial charge in [-0.05, 0) is 73.4 Å². The molecule has 0 spiro atoms. The summed E-state index contributed by atoms with van der Waals surface area (Å²) >= 11 is 0. The van der Waals surface area contributed by atoms with Gasteiger partial charge in [0.05, 0.1) is 6.61 Å². The van der Waals surface area contributed by atoms with E-state index < -0.39 is 0 Å². The van der Waals surface area contributed by atoms with Gasteiger partial charge in [-0.2, -0.15) is 0 Å². The molecule has 0 saturated heterocycles. The third-order valence-corrected chi connectivity index (χ3v) is 6.82. The summed E-state index contributed by atoms with van der Waals surface area (Å²) in [5.74, 6) is 9.49. The van der Waals surface area contributed by atoms with Crippen molar-refractivity contribution in [2.75, 3.05) is 6.61 Å². The van der Waals surface area contributed by atoms with E-state index in [9.17, 15) is 0 Å². The first-order valence-corrected chi connectivity index (χ1v) is 13.1. The second kappa shape index (κ2) is 14.1. The molecule has 1 saturated carbocycles. The van der Waals surface area contributed by atoms with Gasteiger partial charge in [-0.15, -0.1) is 0 Å². The number of benzene rings is 2. The third-order valence-electron chi connectivity index (χ3n) is 6.82. The van der Waals surface area contributed by atoms with Gasteiger partial charge in [0.25, 0.3) is 0 Å². The summed E-state index contributed by atoms with van der Waals surface area (Å²) in [4.78, 5) is 0. The molecular formula is C31H42O. The maximum Gasteiger partial charge on any atom is 0.119 e. The second-order valence-electron chi connectivity index (χ2n) is 9.49. The van der Waals surface area contributed by atoms with Crippen molar-refractivity contribution >= 4 is 0 Å². The lowest BCUT2D eigenvalue weighted by Gasteiger charge is -2.25. The first-order valence-electron chi connectivity index (χ1n) is 13.1. The van der Waals surface area contributed by atoms with Gasteiger partial charge in [-0.3, -0.25) is 0 Å².